The Morgan fingerprint density at radius 1 is 0.952 bits per heavy atom. The molecule has 0 amide bonds. The van der Waals surface area contributed by atoms with Crippen LogP contribution in [0.2, 0.25) is 0 Å². The van der Waals surface area contributed by atoms with E-state index in [-0.39, 0.29) is 0 Å². The van der Waals surface area contributed by atoms with Gasteiger partial charge in [-0.25, -0.2) is 0 Å². The zero-order valence-electron chi connectivity index (χ0n) is 12.6. The summed E-state index contributed by atoms with van der Waals surface area (Å²) in [5, 5.41) is 5.31. The molecule has 0 N–H and O–H groups in total. The number of hydrogen-bond acceptors (Lipinski definition) is 1. The van der Waals surface area contributed by atoms with E-state index in [2.05, 4.69) is 60.7 Å². The molecule has 0 aliphatic heterocycles. The molecule has 2 aromatic carbocycles. The van der Waals surface area contributed by atoms with Gasteiger partial charge in [0.05, 0.1) is 5.52 Å². The number of aryl methyl sites for hydroxylation is 3. The molecule has 0 spiro atoms. The summed E-state index contributed by atoms with van der Waals surface area (Å²) in [7, 11) is 0. The van der Waals surface area contributed by atoms with Gasteiger partial charge in [0.25, 0.3) is 0 Å². The average molecular weight is 274 g/mol. The Balaban J connectivity index is 2.41. The largest absolute Gasteiger partial charge is 0.341 e. The third kappa shape index (κ3) is 1.50. The SMILES string of the molecule is CCn1c2ccccc2c2c(C)c3cnccc3c(C)c21. The number of pyridine rings is 1. The number of benzene rings is 2. The van der Waals surface area contributed by atoms with Gasteiger partial charge in [0, 0.05) is 40.6 Å². The van der Waals surface area contributed by atoms with Gasteiger partial charge < -0.3 is 4.57 Å². The van der Waals surface area contributed by atoms with Crippen LogP contribution < -0.4 is 0 Å². The van der Waals surface area contributed by atoms with Crippen LogP contribution in [0, 0.1) is 13.8 Å². The smallest absolute Gasteiger partial charge is 0.0530 e. The molecule has 0 saturated carbocycles. The number of hydrogen-bond donors (Lipinski definition) is 0. The monoisotopic (exact) mass is 274 g/mol. The van der Waals surface area contributed by atoms with Gasteiger partial charge in [-0.1, -0.05) is 18.2 Å². The number of aromatic nitrogens is 2. The number of fused-ring (bicyclic) bond motifs is 4. The van der Waals surface area contributed by atoms with Crippen molar-refractivity contribution in [1.82, 2.24) is 9.55 Å². The average Bonchev–Trinajstić information content (AvgIpc) is 2.87. The Kier molecular flexibility index (Phi) is 2.55. The topological polar surface area (TPSA) is 17.8 Å². The second-order valence-corrected chi connectivity index (χ2v) is 5.66. The molecule has 0 aliphatic rings. The Morgan fingerprint density at radius 3 is 2.57 bits per heavy atom. The van der Waals surface area contributed by atoms with Crippen molar-refractivity contribution < 1.29 is 0 Å². The first-order valence-corrected chi connectivity index (χ1v) is 7.47. The molecule has 0 atom stereocenters. The molecule has 0 fully saturated rings. The second-order valence-electron chi connectivity index (χ2n) is 5.66. The predicted molar refractivity (Wildman–Crippen MR) is 89.9 cm³/mol. The molecule has 0 radical (unpaired) electrons. The minimum Gasteiger partial charge on any atom is -0.341 e. The summed E-state index contributed by atoms with van der Waals surface area (Å²) >= 11 is 0. The number of nitrogens with zero attached hydrogens (tertiary/aromatic N) is 2. The summed E-state index contributed by atoms with van der Waals surface area (Å²) in [6.07, 6.45) is 3.88. The van der Waals surface area contributed by atoms with E-state index in [1.165, 1.54) is 43.7 Å². The molecule has 104 valence electrons. The number of para-hydroxylation sites is 1. The molecule has 4 aromatic rings. The first kappa shape index (κ1) is 12.4. The van der Waals surface area contributed by atoms with E-state index in [0.717, 1.165) is 6.54 Å². The standard InChI is InChI=1S/C19H18N2/c1-4-21-17-8-6-5-7-15(17)18-12(2)16-11-20-10-9-14(16)13(3)19(18)21/h5-11H,4H2,1-3H3. The molecule has 4 rings (SSSR count). The summed E-state index contributed by atoms with van der Waals surface area (Å²) in [6.45, 7) is 7.66. The van der Waals surface area contributed by atoms with Crippen molar-refractivity contribution in [3.05, 3.63) is 53.9 Å². The molecule has 0 saturated heterocycles. The Labute approximate surface area is 124 Å². The van der Waals surface area contributed by atoms with Gasteiger partial charge in [0.15, 0.2) is 0 Å². The Bertz CT molecular complexity index is 993. The first-order valence-electron chi connectivity index (χ1n) is 7.47. The van der Waals surface area contributed by atoms with E-state index in [0.29, 0.717) is 0 Å². The lowest BCUT2D eigenvalue weighted by atomic mass is 9.97. The van der Waals surface area contributed by atoms with Crippen molar-refractivity contribution in [2.75, 3.05) is 0 Å². The molecule has 2 aromatic heterocycles. The predicted octanol–water partition coefficient (Wildman–Crippen LogP) is 4.98. The van der Waals surface area contributed by atoms with E-state index in [1.807, 2.05) is 12.4 Å². The van der Waals surface area contributed by atoms with Crippen LogP contribution in [0.3, 0.4) is 0 Å². The summed E-state index contributed by atoms with van der Waals surface area (Å²) in [5.41, 5.74) is 5.38. The van der Waals surface area contributed by atoms with Crippen molar-refractivity contribution in [3.8, 4) is 0 Å². The van der Waals surface area contributed by atoms with Gasteiger partial charge in [-0.15, -0.1) is 0 Å². The first-order chi connectivity index (χ1) is 10.2. The van der Waals surface area contributed by atoms with E-state index >= 15 is 0 Å². The lowest BCUT2D eigenvalue weighted by molar-refractivity contribution is 0.825. The third-order valence-corrected chi connectivity index (χ3v) is 4.65. The Morgan fingerprint density at radius 2 is 1.76 bits per heavy atom. The minimum atomic E-state index is 0.987. The molecule has 21 heavy (non-hydrogen) atoms. The van der Waals surface area contributed by atoms with Crippen LogP contribution in [0.15, 0.2) is 42.7 Å². The highest BCUT2D eigenvalue weighted by Gasteiger charge is 2.16. The van der Waals surface area contributed by atoms with Gasteiger partial charge in [0.2, 0.25) is 0 Å². The fraction of sp³-hybridized carbons (Fsp3) is 0.211. The van der Waals surface area contributed by atoms with Crippen molar-refractivity contribution in [3.63, 3.8) is 0 Å². The highest BCUT2D eigenvalue weighted by atomic mass is 15.0. The summed E-state index contributed by atoms with van der Waals surface area (Å²) < 4.78 is 2.44. The van der Waals surface area contributed by atoms with Gasteiger partial charge in [-0.2, -0.15) is 0 Å². The molecule has 0 aliphatic carbocycles. The normalized spacial score (nSPS) is 11.8. The minimum absolute atomic E-state index is 0.987. The lowest BCUT2D eigenvalue weighted by Crippen LogP contribution is -1.96. The van der Waals surface area contributed by atoms with Gasteiger partial charge in [-0.3, -0.25) is 4.98 Å². The van der Waals surface area contributed by atoms with Crippen LogP contribution in [0.4, 0.5) is 0 Å². The van der Waals surface area contributed by atoms with Crippen LogP contribution >= 0.6 is 0 Å². The van der Waals surface area contributed by atoms with Crippen LogP contribution in [-0.2, 0) is 6.54 Å². The maximum Gasteiger partial charge on any atom is 0.0530 e. The number of rotatable bonds is 1. The highest BCUT2D eigenvalue weighted by Crippen LogP contribution is 2.38. The van der Waals surface area contributed by atoms with Gasteiger partial charge in [0.1, 0.15) is 0 Å². The molecular formula is C19H18N2. The lowest BCUT2D eigenvalue weighted by Gasteiger charge is -2.11. The molecule has 0 bridgehead atoms. The fourth-order valence-corrected chi connectivity index (χ4v) is 3.68. The van der Waals surface area contributed by atoms with E-state index in [9.17, 15) is 0 Å². The molecule has 2 heterocycles. The molecule has 2 nitrogen and oxygen atoms in total. The Hall–Kier alpha value is -2.35. The molecule has 0 unspecified atom stereocenters. The van der Waals surface area contributed by atoms with Crippen molar-refractivity contribution in [1.29, 1.82) is 0 Å². The highest BCUT2D eigenvalue weighted by molar-refractivity contribution is 6.16. The third-order valence-electron chi connectivity index (χ3n) is 4.65. The van der Waals surface area contributed by atoms with Crippen LogP contribution in [0.25, 0.3) is 32.6 Å². The maximum absolute atomic E-state index is 4.32. The van der Waals surface area contributed by atoms with E-state index < -0.39 is 0 Å². The van der Waals surface area contributed by atoms with Gasteiger partial charge >= 0.3 is 0 Å². The van der Waals surface area contributed by atoms with Crippen molar-refractivity contribution >= 4 is 32.6 Å². The van der Waals surface area contributed by atoms with E-state index in [1.54, 1.807) is 0 Å². The van der Waals surface area contributed by atoms with Crippen LogP contribution in [0.5, 0.6) is 0 Å². The quantitative estimate of drug-likeness (QED) is 0.478. The summed E-state index contributed by atoms with van der Waals surface area (Å²) in [5.74, 6) is 0. The van der Waals surface area contributed by atoms with Gasteiger partial charge in [-0.05, 0) is 49.4 Å². The summed E-state index contributed by atoms with van der Waals surface area (Å²) in [4.78, 5) is 4.32. The van der Waals surface area contributed by atoms with Crippen molar-refractivity contribution in [2.45, 2.75) is 27.3 Å². The second kappa shape index (κ2) is 4.32. The zero-order chi connectivity index (χ0) is 14.6. The van der Waals surface area contributed by atoms with E-state index in [4.69, 9.17) is 0 Å². The summed E-state index contributed by atoms with van der Waals surface area (Å²) in [6, 6.07) is 10.8. The van der Waals surface area contributed by atoms with Crippen LogP contribution in [-0.4, -0.2) is 9.55 Å². The maximum atomic E-state index is 4.32. The fourth-order valence-electron chi connectivity index (χ4n) is 3.68. The zero-order valence-corrected chi connectivity index (χ0v) is 12.6. The molecule has 2 heteroatoms. The van der Waals surface area contributed by atoms with Crippen LogP contribution in [0.1, 0.15) is 18.1 Å². The molecular weight excluding hydrogens is 256 g/mol. The van der Waals surface area contributed by atoms with Crippen molar-refractivity contribution in [2.24, 2.45) is 0 Å².